The summed E-state index contributed by atoms with van der Waals surface area (Å²) in [5, 5.41) is 11.8. The van der Waals surface area contributed by atoms with Gasteiger partial charge in [-0.05, 0) is 39.0 Å². The molecule has 0 aliphatic carbocycles. The number of primary sulfonamides is 1. The van der Waals surface area contributed by atoms with Crippen molar-refractivity contribution in [3.05, 3.63) is 30.0 Å². The number of fused-ring (bicyclic) bond motifs is 1. The normalized spacial score (nSPS) is 13.0. The average Bonchev–Trinajstić information content (AvgIpc) is 3.15. The van der Waals surface area contributed by atoms with E-state index in [-0.39, 0.29) is 10.8 Å². The number of thioether (sulfide) groups is 1. The molecule has 11 heteroatoms. The first-order chi connectivity index (χ1) is 12.7. The number of hydrogen-bond acceptors (Lipinski definition) is 7. The lowest BCUT2D eigenvalue weighted by atomic mass is 10.3. The molecule has 0 spiro atoms. The van der Waals surface area contributed by atoms with Gasteiger partial charge >= 0.3 is 0 Å². The summed E-state index contributed by atoms with van der Waals surface area (Å²) in [4.78, 5) is 16.9. The largest absolute Gasteiger partial charge is 0.360 e. The van der Waals surface area contributed by atoms with Gasteiger partial charge in [-0.25, -0.2) is 18.5 Å². The van der Waals surface area contributed by atoms with Gasteiger partial charge in [0.15, 0.2) is 11.0 Å². The van der Waals surface area contributed by atoms with Crippen LogP contribution in [0.3, 0.4) is 0 Å². The lowest BCUT2D eigenvalue weighted by Crippen LogP contribution is -2.23. The van der Waals surface area contributed by atoms with Crippen LogP contribution in [0.5, 0.6) is 0 Å². The van der Waals surface area contributed by atoms with E-state index < -0.39 is 15.3 Å². The minimum absolute atomic E-state index is 0.000466. The van der Waals surface area contributed by atoms with E-state index in [1.165, 1.54) is 23.9 Å². The van der Waals surface area contributed by atoms with Crippen molar-refractivity contribution >= 4 is 44.5 Å². The Labute approximate surface area is 160 Å². The van der Waals surface area contributed by atoms with Crippen LogP contribution < -0.4 is 10.5 Å². The van der Waals surface area contributed by atoms with Crippen molar-refractivity contribution < 1.29 is 17.7 Å². The van der Waals surface area contributed by atoms with Crippen molar-refractivity contribution in [1.82, 2.24) is 14.7 Å². The number of aryl methyl sites for hydroxylation is 2. The second-order valence-corrected chi connectivity index (χ2v) is 8.78. The predicted molar refractivity (Wildman–Crippen MR) is 102 cm³/mol. The summed E-state index contributed by atoms with van der Waals surface area (Å²) in [6.07, 6.45) is 0. The zero-order chi connectivity index (χ0) is 19.8. The van der Waals surface area contributed by atoms with Gasteiger partial charge < -0.3 is 14.4 Å². The summed E-state index contributed by atoms with van der Waals surface area (Å²) >= 11 is 1.27. The Hall–Kier alpha value is -2.37. The number of carbonyl (C=O) groups is 1. The smallest absolute Gasteiger partial charge is 0.238 e. The van der Waals surface area contributed by atoms with Gasteiger partial charge in [0.25, 0.3) is 0 Å². The molecule has 0 saturated heterocycles. The van der Waals surface area contributed by atoms with Crippen LogP contribution in [0.15, 0.2) is 38.8 Å². The number of benzene rings is 1. The van der Waals surface area contributed by atoms with Crippen LogP contribution in [0.25, 0.3) is 11.0 Å². The topological polar surface area (TPSA) is 133 Å². The molecule has 9 nitrogen and oxygen atoms in total. The number of nitrogens with zero attached hydrogens (tertiary/aromatic N) is 3. The van der Waals surface area contributed by atoms with Gasteiger partial charge in [0.05, 0.1) is 21.2 Å². The average molecular weight is 409 g/mol. The number of anilines is 1. The molecule has 3 aromatic rings. The zero-order valence-corrected chi connectivity index (χ0v) is 16.6. The molecule has 27 heavy (non-hydrogen) atoms. The summed E-state index contributed by atoms with van der Waals surface area (Å²) in [6, 6.07) is 6.18. The standard InChI is InChI=1S/C16H19N5O4S2/c1-4-21-13-6-5-11(27(17,23)24)8-12(13)18-16(21)26-10(3)15(22)19-14-7-9(2)25-20-14/h5-8,10H,4H2,1-3H3,(H2,17,23,24)(H,19,20,22). The molecule has 0 bridgehead atoms. The number of hydrogen-bond donors (Lipinski definition) is 2. The second-order valence-electron chi connectivity index (χ2n) is 5.91. The van der Waals surface area contributed by atoms with Gasteiger partial charge in [0.2, 0.25) is 15.9 Å². The number of carbonyl (C=O) groups excluding carboxylic acids is 1. The molecule has 1 unspecified atom stereocenters. The lowest BCUT2D eigenvalue weighted by Gasteiger charge is -2.11. The summed E-state index contributed by atoms with van der Waals surface area (Å²) in [5.74, 6) is 0.712. The summed E-state index contributed by atoms with van der Waals surface area (Å²) in [6.45, 7) is 6.05. The molecule has 1 aromatic carbocycles. The first kappa shape index (κ1) is 19.4. The Kier molecular flexibility index (Phi) is 5.27. The first-order valence-electron chi connectivity index (χ1n) is 8.13. The fourth-order valence-electron chi connectivity index (χ4n) is 2.52. The molecule has 0 radical (unpaired) electrons. The number of sulfonamides is 1. The van der Waals surface area contributed by atoms with Crippen molar-refractivity contribution in [2.75, 3.05) is 5.32 Å². The highest BCUT2D eigenvalue weighted by Gasteiger charge is 2.21. The highest BCUT2D eigenvalue weighted by atomic mass is 32.2. The lowest BCUT2D eigenvalue weighted by molar-refractivity contribution is -0.115. The van der Waals surface area contributed by atoms with Gasteiger partial charge in [0.1, 0.15) is 5.76 Å². The van der Waals surface area contributed by atoms with Crippen LogP contribution >= 0.6 is 11.8 Å². The van der Waals surface area contributed by atoms with E-state index in [9.17, 15) is 13.2 Å². The van der Waals surface area contributed by atoms with E-state index >= 15 is 0 Å². The van der Waals surface area contributed by atoms with Crippen molar-refractivity contribution in [1.29, 1.82) is 0 Å². The molecular weight excluding hydrogens is 390 g/mol. The minimum atomic E-state index is -3.81. The Bertz CT molecular complexity index is 1100. The number of amides is 1. The highest BCUT2D eigenvalue weighted by molar-refractivity contribution is 8.00. The number of aromatic nitrogens is 3. The number of rotatable bonds is 6. The Morgan fingerprint density at radius 2 is 2.15 bits per heavy atom. The van der Waals surface area contributed by atoms with E-state index in [4.69, 9.17) is 9.66 Å². The van der Waals surface area contributed by atoms with Gasteiger partial charge in [-0.1, -0.05) is 16.9 Å². The summed E-state index contributed by atoms with van der Waals surface area (Å²) in [5.41, 5.74) is 1.28. The molecule has 3 N–H and O–H groups in total. The SMILES string of the molecule is CCn1c(SC(C)C(=O)Nc2cc(C)on2)nc2cc(S(N)(=O)=O)ccc21. The molecule has 1 amide bonds. The molecule has 2 heterocycles. The minimum Gasteiger partial charge on any atom is -0.360 e. The van der Waals surface area contributed by atoms with E-state index in [2.05, 4.69) is 15.5 Å². The number of imidazole rings is 1. The Balaban J connectivity index is 1.85. The quantitative estimate of drug-likeness (QED) is 0.596. The van der Waals surface area contributed by atoms with Gasteiger partial charge in [-0.15, -0.1) is 0 Å². The molecular formula is C16H19N5O4S2. The van der Waals surface area contributed by atoms with Crippen molar-refractivity contribution in [3.8, 4) is 0 Å². The van der Waals surface area contributed by atoms with Gasteiger partial charge in [-0.3, -0.25) is 4.79 Å². The zero-order valence-electron chi connectivity index (χ0n) is 15.0. The molecule has 0 aliphatic rings. The van der Waals surface area contributed by atoms with Crippen molar-refractivity contribution in [3.63, 3.8) is 0 Å². The van der Waals surface area contributed by atoms with Gasteiger partial charge in [-0.2, -0.15) is 0 Å². The highest BCUT2D eigenvalue weighted by Crippen LogP contribution is 2.29. The van der Waals surface area contributed by atoms with Gasteiger partial charge in [0, 0.05) is 12.6 Å². The van der Waals surface area contributed by atoms with Crippen molar-refractivity contribution in [2.45, 2.75) is 42.6 Å². The first-order valence-corrected chi connectivity index (χ1v) is 10.6. The van der Waals surface area contributed by atoms with Crippen LogP contribution in [0.2, 0.25) is 0 Å². The Morgan fingerprint density at radius 3 is 2.74 bits per heavy atom. The van der Waals surface area contributed by atoms with E-state index in [0.29, 0.717) is 28.8 Å². The summed E-state index contributed by atoms with van der Waals surface area (Å²) < 4.78 is 29.9. The fraction of sp³-hybridized carbons (Fsp3) is 0.312. The maximum absolute atomic E-state index is 12.4. The molecule has 0 fully saturated rings. The number of nitrogens with two attached hydrogens (primary N) is 1. The molecule has 144 valence electrons. The fourth-order valence-corrected chi connectivity index (χ4v) is 4.05. The van der Waals surface area contributed by atoms with E-state index in [1.54, 1.807) is 26.0 Å². The van der Waals surface area contributed by atoms with Crippen LogP contribution in [-0.2, 0) is 21.4 Å². The van der Waals surface area contributed by atoms with Crippen LogP contribution in [0, 0.1) is 6.92 Å². The van der Waals surface area contributed by atoms with E-state index in [1.807, 2.05) is 11.5 Å². The third kappa shape index (κ3) is 4.15. The Morgan fingerprint density at radius 1 is 1.41 bits per heavy atom. The second kappa shape index (κ2) is 7.33. The summed E-state index contributed by atoms with van der Waals surface area (Å²) in [7, 11) is -3.81. The van der Waals surface area contributed by atoms with Crippen LogP contribution in [-0.4, -0.2) is 34.3 Å². The monoisotopic (exact) mass is 409 g/mol. The van der Waals surface area contributed by atoms with E-state index in [0.717, 1.165) is 5.52 Å². The van der Waals surface area contributed by atoms with Crippen LogP contribution in [0.4, 0.5) is 5.82 Å². The third-order valence-corrected chi connectivity index (χ3v) is 5.86. The predicted octanol–water partition coefficient (Wildman–Crippen LogP) is 2.12. The molecule has 0 saturated carbocycles. The maximum atomic E-state index is 12.4. The number of nitrogens with one attached hydrogen (secondary N) is 1. The molecule has 3 rings (SSSR count). The molecule has 1 atom stereocenters. The van der Waals surface area contributed by atoms with Crippen LogP contribution in [0.1, 0.15) is 19.6 Å². The maximum Gasteiger partial charge on any atom is 0.238 e. The molecule has 0 aliphatic heterocycles. The third-order valence-electron chi connectivity index (χ3n) is 3.86. The van der Waals surface area contributed by atoms with Crippen molar-refractivity contribution in [2.24, 2.45) is 5.14 Å². The molecule has 2 aromatic heterocycles.